The summed E-state index contributed by atoms with van der Waals surface area (Å²) < 4.78 is 33.1. The smallest absolute Gasteiger partial charge is 0.284 e. The van der Waals surface area contributed by atoms with Crippen molar-refractivity contribution in [1.29, 1.82) is 0 Å². The molecule has 0 saturated carbocycles. The minimum absolute atomic E-state index is 0.110. The molecule has 166 valence electrons. The van der Waals surface area contributed by atoms with Crippen molar-refractivity contribution in [2.45, 2.75) is 38.3 Å². The number of rotatable bonds is 8. The van der Waals surface area contributed by atoms with Crippen LogP contribution in [0, 0.1) is 6.92 Å². The Morgan fingerprint density at radius 1 is 1.26 bits per heavy atom. The quantitative estimate of drug-likeness (QED) is 0.573. The van der Waals surface area contributed by atoms with Crippen molar-refractivity contribution in [2.75, 3.05) is 13.7 Å². The second kappa shape index (κ2) is 9.94. The molecule has 0 aromatic heterocycles. The summed E-state index contributed by atoms with van der Waals surface area (Å²) in [5.41, 5.74) is 1.10. The first kappa shape index (κ1) is 23.4. The van der Waals surface area contributed by atoms with Gasteiger partial charge in [-0.05, 0) is 47.9 Å². The van der Waals surface area contributed by atoms with Crippen LogP contribution in [0.25, 0.3) is 0 Å². The van der Waals surface area contributed by atoms with Gasteiger partial charge in [-0.25, -0.2) is 8.78 Å². The van der Waals surface area contributed by atoms with Gasteiger partial charge < -0.3 is 14.9 Å². The lowest BCUT2D eigenvalue weighted by molar-refractivity contribution is -0.129. The predicted octanol–water partition coefficient (Wildman–Crippen LogP) is 5.24. The molecule has 0 aliphatic carbocycles. The Kier molecular flexibility index (Phi) is 7.51. The van der Waals surface area contributed by atoms with Gasteiger partial charge in [0.25, 0.3) is 6.43 Å². The minimum atomic E-state index is -2.84. The van der Waals surface area contributed by atoms with Crippen LogP contribution in [0.2, 0.25) is 10.0 Å². The van der Waals surface area contributed by atoms with E-state index in [1.165, 1.54) is 25.3 Å². The molecule has 1 aliphatic heterocycles. The van der Waals surface area contributed by atoms with Crippen molar-refractivity contribution in [3.05, 3.63) is 68.7 Å². The fourth-order valence-electron chi connectivity index (χ4n) is 3.35. The molecule has 3 rings (SSSR count). The molecule has 0 fully saturated rings. The fourth-order valence-corrected chi connectivity index (χ4v) is 3.88. The van der Waals surface area contributed by atoms with Gasteiger partial charge in [-0.15, -0.1) is 0 Å². The highest BCUT2D eigenvalue weighted by Crippen LogP contribution is 2.43. The SMILES string of the molecule is COCCC(=O)NCc1ccc(C2=NOC(c3cc(Cl)cc(Cl)c3)(C(F)F)C2)cc1C. The van der Waals surface area contributed by atoms with E-state index in [0.717, 1.165) is 11.1 Å². The van der Waals surface area contributed by atoms with E-state index in [-0.39, 0.29) is 34.4 Å². The van der Waals surface area contributed by atoms with Crippen LogP contribution in [0.3, 0.4) is 0 Å². The Balaban J connectivity index is 1.76. The first-order chi connectivity index (χ1) is 14.7. The van der Waals surface area contributed by atoms with E-state index in [1.54, 1.807) is 6.07 Å². The van der Waals surface area contributed by atoms with Crippen molar-refractivity contribution in [3.8, 4) is 0 Å². The van der Waals surface area contributed by atoms with E-state index >= 15 is 0 Å². The van der Waals surface area contributed by atoms with Crippen LogP contribution in [0.5, 0.6) is 0 Å². The second-order valence-corrected chi connectivity index (χ2v) is 8.19. The first-order valence-electron chi connectivity index (χ1n) is 9.60. The molecule has 0 radical (unpaired) electrons. The van der Waals surface area contributed by atoms with Crippen LogP contribution < -0.4 is 5.32 Å². The number of nitrogens with one attached hydrogen (secondary N) is 1. The molecular formula is C22H22Cl2F2N2O3. The Morgan fingerprint density at radius 3 is 2.58 bits per heavy atom. The van der Waals surface area contributed by atoms with Crippen molar-refractivity contribution >= 4 is 34.8 Å². The summed E-state index contributed by atoms with van der Waals surface area (Å²) in [6, 6.07) is 9.75. The third-order valence-electron chi connectivity index (χ3n) is 5.14. The number of halogens is 4. The molecule has 1 amide bonds. The van der Waals surface area contributed by atoms with Crippen LogP contribution in [0.15, 0.2) is 41.6 Å². The Morgan fingerprint density at radius 2 is 1.97 bits per heavy atom. The zero-order chi connectivity index (χ0) is 22.6. The Bertz CT molecular complexity index is 980. The van der Waals surface area contributed by atoms with Crippen molar-refractivity contribution in [1.82, 2.24) is 5.32 Å². The lowest BCUT2D eigenvalue weighted by Gasteiger charge is -2.26. The summed E-state index contributed by atoms with van der Waals surface area (Å²) >= 11 is 12.0. The van der Waals surface area contributed by atoms with E-state index in [1.807, 2.05) is 19.1 Å². The maximum Gasteiger partial charge on any atom is 0.284 e. The number of aryl methyl sites for hydroxylation is 1. The number of hydrogen-bond acceptors (Lipinski definition) is 4. The summed E-state index contributed by atoms with van der Waals surface area (Å²) in [5, 5.41) is 7.27. The van der Waals surface area contributed by atoms with Crippen LogP contribution in [-0.2, 0) is 26.5 Å². The molecular weight excluding hydrogens is 449 g/mol. The Labute approximate surface area is 189 Å². The van der Waals surface area contributed by atoms with Crippen molar-refractivity contribution < 1.29 is 23.1 Å². The minimum Gasteiger partial charge on any atom is -0.384 e. The van der Waals surface area contributed by atoms with Gasteiger partial charge in [-0.1, -0.05) is 40.5 Å². The number of hydrogen-bond donors (Lipinski definition) is 1. The van der Waals surface area contributed by atoms with Crippen LogP contribution in [-0.4, -0.2) is 31.8 Å². The topological polar surface area (TPSA) is 59.9 Å². The lowest BCUT2D eigenvalue weighted by atomic mass is 9.87. The molecule has 5 nitrogen and oxygen atoms in total. The van der Waals surface area contributed by atoms with Gasteiger partial charge in [-0.3, -0.25) is 4.79 Å². The van der Waals surface area contributed by atoms with E-state index < -0.39 is 12.0 Å². The Hall–Kier alpha value is -2.22. The lowest BCUT2D eigenvalue weighted by Crippen LogP contribution is -2.35. The maximum atomic E-state index is 14.1. The zero-order valence-electron chi connectivity index (χ0n) is 17.1. The van der Waals surface area contributed by atoms with E-state index in [0.29, 0.717) is 24.4 Å². The van der Waals surface area contributed by atoms with E-state index in [9.17, 15) is 13.6 Å². The summed E-state index contributed by atoms with van der Waals surface area (Å²) in [7, 11) is 1.54. The normalized spacial score (nSPS) is 18.1. The third kappa shape index (κ3) is 5.34. The number of alkyl halides is 2. The van der Waals surface area contributed by atoms with Gasteiger partial charge in [0, 0.05) is 42.1 Å². The summed E-state index contributed by atoms with van der Waals surface area (Å²) in [6.45, 7) is 2.60. The second-order valence-electron chi connectivity index (χ2n) is 7.32. The third-order valence-corrected chi connectivity index (χ3v) is 5.57. The van der Waals surface area contributed by atoms with Gasteiger partial charge in [0.1, 0.15) is 0 Å². The van der Waals surface area contributed by atoms with Gasteiger partial charge in [0.2, 0.25) is 11.5 Å². The molecule has 1 aliphatic rings. The van der Waals surface area contributed by atoms with Crippen LogP contribution in [0.1, 0.15) is 35.1 Å². The number of benzene rings is 2. The molecule has 1 heterocycles. The number of methoxy groups -OCH3 is 1. The number of nitrogens with zero attached hydrogens (tertiary/aromatic N) is 1. The van der Waals surface area contributed by atoms with Crippen LogP contribution in [0.4, 0.5) is 8.78 Å². The van der Waals surface area contributed by atoms with Crippen molar-refractivity contribution in [2.24, 2.45) is 5.16 Å². The molecule has 9 heteroatoms. The van der Waals surface area contributed by atoms with E-state index in [2.05, 4.69) is 10.5 Å². The first-order valence-corrected chi connectivity index (χ1v) is 10.4. The molecule has 0 bridgehead atoms. The molecule has 2 aromatic rings. The summed E-state index contributed by atoms with van der Waals surface area (Å²) in [4.78, 5) is 17.1. The zero-order valence-corrected chi connectivity index (χ0v) is 18.6. The molecule has 1 unspecified atom stereocenters. The predicted molar refractivity (Wildman–Crippen MR) is 116 cm³/mol. The maximum absolute atomic E-state index is 14.1. The highest BCUT2D eigenvalue weighted by atomic mass is 35.5. The van der Waals surface area contributed by atoms with Gasteiger partial charge in [0.05, 0.1) is 12.3 Å². The van der Waals surface area contributed by atoms with E-state index in [4.69, 9.17) is 32.8 Å². The van der Waals surface area contributed by atoms with Gasteiger partial charge in [-0.2, -0.15) is 0 Å². The molecule has 31 heavy (non-hydrogen) atoms. The molecule has 0 spiro atoms. The number of oxime groups is 1. The monoisotopic (exact) mass is 470 g/mol. The van der Waals surface area contributed by atoms with Crippen LogP contribution >= 0.6 is 23.2 Å². The molecule has 1 N–H and O–H groups in total. The molecule has 0 saturated heterocycles. The summed E-state index contributed by atoms with van der Waals surface area (Å²) in [5.74, 6) is -0.110. The summed E-state index contributed by atoms with van der Waals surface area (Å²) in [6.07, 6.45) is -2.69. The highest BCUT2D eigenvalue weighted by molar-refractivity contribution is 6.34. The number of carbonyl (C=O) groups excluding carboxylic acids is 1. The standard InChI is InChI=1S/C22H22Cl2F2N2O3/c1-13-7-14(3-4-15(13)12-27-20(29)5-6-30-2)19-11-22(21(25)26,31-28-19)16-8-17(23)10-18(24)9-16/h3-4,7-10,21H,5-6,11-12H2,1-2H3,(H,27,29). The van der Waals surface area contributed by atoms with Gasteiger partial charge >= 0.3 is 0 Å². The largest absolute Gasteiger partial charge is 0.384 e. The van der Waals surface area contributed by atoms with Gasteiger partial charge in [0.15, 0.2) is 0 Å². The average molecular weight is 471 g/mol. The molecule has 1 atom stereocenters. The highest BCUT2D eigenvalue weighted by Gasteiger charge is 2.50. The molecule has 2 aromatic carbocycles. The number of carbonyl (C=O) groups is 1. The average Bonchev–Trinajstić information content (AvgIpc) is 3.17. The number of ether oxygens (including phenoxy) is 1. The van der Waals surface area contributed by atoms with Crippen molar-refractivity contribution in [3.63, 3.8) is 0 Å². The number of amides is 1. The fraction of sp³-hybridized carbons (Fsp3) is 0.364.